The van der Waals surface area contributed by atoms with Crippen LogP contribution in [0.4, 0.5) is 0 Å². The smallest absolute Gasteiger partial charge is 0.219 e. The summed E-state index contributed by atoms with van der Waals surface area (Å²) in [7, 11) is 0. The Balaban J connectivity index is 1.98. The Morgan fingerprint density at radius 2 is 2.31 bits per heavy atom. The van der Waals surface area contributed by atoms with Gasteiger partial charge in [0.1, 0.15) is 0 Å². The van der Waals surface area contributed by atoms with Crippen molar-refractivity contribution >= 4 is 5.91 Å². The molecule has 1 spiro atoms. The number of rotatable bonds is 0. The van der Waals surface area contributed by atoms with Crippen molar-refractivity contribution in [3.8, 4) is 0 Å². The Kier molecular flexibility index (Phi) is 2.28. The maximum atomic E-state index is 11.2. The summed E-state index contributed by atoms with van der Waals surface area (Å²) in [6.45, 7) is 5.89. The minimum atomic E-state index is 0.238. The van der Waals surface area contributed by atoms with E-state index in [1.807, 2.05) is 4.90 Å². The van der Waals surface area contributed by atoms with Crippen LogP contribution in [0.1, 0.15) is 26.2 Å². The van der Waals surface area contributed by atoms with Crippen molar-refractivity contribution in [1.29, 1.82) is 0 Å². The number of hydrogen-bond acceptors (Lipinski definition) is 2. The molecule has 2 aliphatic heterocycles. The lowest BCUT2D eigenvalue weighted by Gasteiger charge is -2.33. The normalized spacial score (nSPS) is 34.1. The van der Waals surface area contributed by atoms with E-state index in [-0.39, 0.29) is 5.91 Å². The van der Waals surface area contributed by atoms with Gasteiger partial charge in [-0.2, -0.15) is 0 Å². The van der Waals surface area contributed by atoms with Gasteiger partial charge in [-0.15, -0.1) is 0 Å². The van der Waals surface area contributed by atoms with E-state index < -0.39 is 0 Å². The van der Waals surface area contributed by atoms with Gasteiger partial charge in [0.05, 0.1) is 0 Å². The summed E-state index contributed by atoms with van der Waals surface area (Å²) < 4.78 is 0. The van der Waals surface area contributed by atoms with Crippen molar-refractivity contribution < 1.29 is 4.79 Å². The number of likely N-dealkylation sites (tertiary alicyclic amines) is 1. The van der Waals surface area contributed by atoms with Crippen molar-refractivity contribution in [3.63, 3.8) is 0 Å². The van der Waals surface area contributed by atoms with Crippen LogP contribution in [-0.4, -0.2) is 37.0 Å². The number of amides is 1. The van der Waals surface area contributed by atoms with Crippen LogP contribution in [0.3, 0.4) is 0 Å². The third kappa shape index (κ3) is 1.70. The van der Waals surface area contributed by atoms with E-state index in [4.69, 9.17) is 0 Å². The molecule has 1 N–H and O–H groups in total. The highest BCUT2D eigenvalue weighted by Crippen LogP contribution is 2.36. The molecule has 2 saturated heterocycles. The molecule has 1 unspecified atom stereocenters. The summed E-state index contributed by atoms with van der Waals surface area (Å²) in [5.74, 6) is 0.238. The zero-order valence-corrected chi connectivity index (χ0v) is 8.31. The van der Waals surface area contributed by atoms with Crippen molar-refractivity contribution in [3.05, 3.63) is 0 Å². The molecule has 2 heterocycles. The third-order valence-corrected chi connectivity index (χ3v) is 3.44. The van der Waals surface area contributed by atoms with Crippen LogP contribution < -0.4 is 5.32 Å². The second kappa shape index (κ2) is 3.29. The van der Waals surface area contributed by atoms with Gasteiger partial charge >= 0.3 is 0 Å². The van der Waals surface area contributed by atoms with Crippen LogP contribution in [0.15, 0.2) is 0 Å². The number of nitrogens with zero attached hydrogens (tertiary/aromatic N) is 1. The first-order chi connectivity index (χ1) is 6.22. The fraction of sp³-hybridized carbons (Fsp3) is 0.900. The summed E-state index contributed by atoms with van der Waals surface area (Å²) in [5.41, 5.74) is 0.421. The molecule has 2 fully saturated rings. The van der Waals surface area contributed by atoms with E-state index in [2.05, 4.69) is 5.32 Å². The topological polar surface area (TPSA) is 32.3 Å². The maximum Gasteiger partial charge on any atom is 0.219 e. The van der Waals surface area contributed by atoms with Gasteiger partial charge in [0.15, 0.2) is 0 Å². The van der Waals surface area contributed by atoms with Crippen LogP contribution in [0, 0.1) is 5.41 Å². The quantitative estimate of drug-likeness (QED) is 0.595. The first-order valence-electron chi connectivity index (χ1n) is 5.18. The highest BCUT2D eigenvalue weighted by Gasteiger charge is 2.39. The largest absolute Gasteiger partial charge is 0.342 e. The predicted molar refractivity (Wildman–Crippen MR) is 51.4 cm³/mol. The standard InChI is InChI=1S/C10H18N2O/c1-9(13)12-6-4-10(8-12)3-2-5-11-7-10/h11H,2-8H2,1H3. The fourth-order valence-corrected chi connectivity index (χ4v) is 2.58. The molecular weight excluding hydrogens is 164 g/mol. The number of carbonyl (C=O) groups excluding carboxylic acids is 1. The van der Waals surface area contributed by atoms with Gasteiger partial charge in [-0.05, 0) is 25.8 Å². The lowest BCUT2D eigenvalue weighted by Crippen LogP contribution is -2.42. The first-order valence-corrected chi connectivity index (χ1v) is 5.18. The van der Waals surface area contributed by atoms with Gasteiger partial charge in [0.25, 0.3) is 0 Å². The molecule has 3 nitrogen and oxygen atoms in total. The molecule has 74 valence electrons. The zero-order valence-electron chi connectivity index (χ0n) is 8.31. The van der Waals surface area contributed by atoms with Gasteiger partial charge in [0, 0.05) is 32.0 Å². The Labute approximate surface area is 79.5 Å². The molecule has 0 aromatic rings. The summed E-state index contributed by atoms with van der Waals surface area (Å²) in [4.78, 5) is 13.2. The Hall–Kier alpha value is -0.570. The van der Waals surface area contributed by atoms with E-state index >= 15 is 0 Å². The predicted octanol–water partition coefficient (Wildman–Crippen LogP) is 0.608. The Morgan fingerprint density at radius 1 is 1.46 bits per heavy atom. The molecule has 3 heteroatoms. The highest BCUT2D eigenvalue weighted by atomic mass is 16.2. The van der Waals surface area contributed by atoms with E-state index in [1.54, 1.807) is 6.92 Å². The van der Waals surface area contributed by atoms with Crippen LogP contribution >= 0.6 is 0 Å². The van der Waals surface area contributed by atoms with Gasteiger partial charge in [-0.25, -0.2) is 0 Å². The van der Waals surface area contributed by atoms with E-state index in [9.17, 15) is 4.79 Å². The number of nitrogens with one attached hydrogen (secondary N) is 1. The minimum Gasteiger partial charge on any atom is -0.342 e. The Bertz CT molecular complexity index is 209. The van der Waals surface area contributed by atoms with Gasteiger partial charge in [0.2, 0.25) is 5.91 Å². The molecule has 1 atom stereocenters. The monoisotopic (exact) mass is 182 g/mol. The average molecular weight is 182 g/mol. The minimum absolute atomic E-state index is 0.238. The molecule has 0 saturated carbocycles. The lowest BCUT2D eigenvalue weighted by atomic mass is 9.80. The molecule has 1 amide bonds. The van der Waals surface area contributed by atoms with E-state index in [0.717, 1.165) is 26.2 Å². The van der Waals surface area contributed by atoms with E-state index in [1.165, 1.54) is 19.3 Å². The summed E-state index contributed by atoms with van der Waals surface area (Å²) in [6, 6.07) is 0. The van der Waals surface area contributed by atoms with Crippen LogP contribution in [0.25, 0.3) is 0 Å². The maximum absolute atomic E-state index is 11.2. The lowest BCUT2D eigenvalue weighted by molar-refractivity contribution is -0.128. The van der Waals surface area contributed by atoms with Crippen molar-refractivity contribution in [2.24, 2.45) is 5.41 Å². The molecule has 0 radical (unpaired) electrons. The van der Waals surface area contributed by atoms with E-state index in [0.29, 0.717) is 5.41 Å². The number of carbonyl (C=O) groups is 1. The fourth-order valence-electron chi connectivity index (χ4n) is 2.58. The summed E-state index contributed by atoms with van der Waals surface area (Å²) in [5, 5.41) is 3.44. The summed E-state index contributed by atoms with van der Waals surface area (Å²) in [6.07, 6.45) is 3.76. The molecule has 0 aliphatic carbocycles. The second-order valence-corrected chi connectivity index (χ2v) is 4.47. The van der Waals surface area contributed by atoms with Crippen LogP contribution in [0.5, 0.6) is 0 Å². The molecular formula is C10H18N2O. The second-order valence-electron chi connectivity index (χ2n) is 4.47. The zero-order chi connectivity index (χ0) is 9.31. The van der Waals surface area contributed by atoms with Crippen molar-refractivity contribution in [2.75, 3.05) is 26.2 Å². The first kappa shape index (κ1) is 9.00. The van der Waals surface area contributed by atoms with Crippen LogP contribution in [0.2, 0.25) is 0 Å². The third-order valence-electron chi connectivity index (χ3n) is 3.44. The van der Waals surface area contributed by atoms with Crippen molar-refractivity contribution in [1.82, 2.24) is 10.2 Å². The molecule has 13 heavy (non-hydrogen) atoms. The molecule has 0 aromatic carbocycles. The average Bonchev–Trinajstić information content (AvgIpc) is 2.51. The van der Waals surface area contributed by atoms with Crippen LogP contribution in [-0.2, 0) is 4.79 Å². The van der Waals surface area contributed by atoms with Gasteiger partial charge in [-0.1, -0.05) is 0 Å². The highest BCUT2D eigenvalue weighted by molar-refractivity contribution is 5.73. The van der Waals surface area contributed by atoms with Gasteiger partial charge < -0.3 is 10.2 Å². The Morgan fingerprint density at radius 3 is 2.85 bits per heavy atom. The van der Waals surface area contributed by atoms with Gasteiger partial charge in [-0.3, -0.25) is 4.79 Å². The number of piperidine rings is 1. The molecule has 2 rings (SSSR count). The number of hydrogen-bond donors (Lipinski definition) is 1. The molecule has 2 aliphatic rings. The molecule has 0 aromatic heterocycles. The molecule has 0 bridgehead atoms. The summed E-state index contributed by atoms with van der Waals surface area (Å²) >= 11 is 0. The SMILES string of the molecule is CC(=O)N1CCC2(CCCNC2)C1. The van der Waals surface area contributed by atoms with Crippen molar-refractivity contribution in [2.45, 2.75) is 26.2 Å².